The minimum absolute atomic E-state index is 0.251. The monoisotopic (exact) mass is 276 g/mol. The SMILES string of the molecule is CN(Cc1cscn1)Cc1nc2ccc(F)cc2[nH]1. The Morgan fingerprint density at radius 3 is 3.05 bits per heavy atom. The van der Waals surface area contributed by atoms with E-state index in [9.17, 15) is 4.39 Å². The molecule has 4 nitrogen and oxygen atoms in total. The van der Waals surface area contributed by atoms with Crippen molar-refractivity contribution >= 4 is 22.4 Å². The Hall–Kier alpha value is -1.79. The number of nitrogens with one attached hydrogen (secondary N) is 1. The van der Waals surface area contributed by atoms with Crippen LogP contribution in [0.3, 0.4) is 0 Å². The van der Waals surface area contributed by atoms with E-state index >= 15 is 0 Å². The molecule has 0 saturated carbocycles. The van der Waals surface area contributed by atoms with Gasteiger partial charge in [0, 0.05) is 11.9 Å². The molecular formula is C13H13FN4S. The average Bonchev–Trinajstić information content (AvgIpc) is 2.97. The van der Waals surface area contributed by atoms with Crippen LogP contribution in [0.4, 0.5) is 4.39 Å². The second-order valence-corrected chi connectivity index (χ2v) is 5.22. The molecule has 1 aromatic carbocycles. The van der Waals surface area contributed by atoms with Crippen LogP contribution >= 0.6 is 11.3 Å². The van der Waals surface area contributed by atoms with Gasteiger partial charge in [0.25, 0.3) is 0 Å². The number of aromatic nitrogens is 3. The van der Waals surface area contributed by atoms with Crippen LogP contribution in [0.15, 0.2) is 29.1 Å². The second kappa shape index (κ2) is 5.07. The highest BCUT2D eigenvalue weighted by atomic mass is 32.1. The largest absolute Gasteiger partial charge is 0.341 e. The molecule has 1 N–H and O–H groups in total. The van der Waals surface area contributed by atoms with Crippen molar-refractivity contribution in [2.24, 2.45) is 0 Å². The average molecular weight is 276 g/mol. The lowest BCUT2D eigenvalue weighted by molar-refractivity contribution is 0.309. The maximum atomic E-state index is 13.1. The summed E-state index contributed by atoms with van der Waals surface area (Å²) in [7, 11) is 2.01. The number of hydrogen-bond acceptors (Lipinski definition) is 4. The molecule has 6 heteroatoms. The number of rotatable bonds is 4. The van der Waals surface area contributed by atoms with Gasteiger partial charge in [0.1, 0.15) is 11.6 Å². The Morgan fingerprint density at radius 1 is 1.37 bits per heavy atom. The third kappa shape index (κ3) is 2.80. The van der Waals surface area contributed by atoms with E-state index in [0.717, 1.165) is 29.1 Å². The molecule has 0 spiro atoms. The first kappa shape index (κ1) is 12.3. The molecule has 3 aromatic rings. The van der Waals surface area contributed by atoms with Gasteiger partial charge in [-0.2, -0.15) is 0 Å². The van der Waals surface area contributed by atoms with E-state index in [1.807, 2.05) is 17.9 Å². The van der Waals surface area contributed by atoms with E-state index in [-0.39, 0.29) is 5.82 Å². The summed E-state index contributed by atoms with van der Waals surface area (Å²) in [6, 6.07) is 4.57. The highest BCUT2D eigenvalue weighted by Gasteiger charge is 2.08. The summed E-state index contributed by atoms with van der Waals surface area (Å²) < 4.78 is 13.1. The number of aromatic amines is 1. The van der Waals surface area contributed by atoms with Crippen LogP contribution < -0.4 is 0 Å². The van der Waals surface area contributed by atoms with Gasteiger partial charge in [-0.05, 0) is 25.2 Å². The highest BCUT2D eigenvalue weighted by molar-refractivity contribution is 7.07. The van der Waals surface area contributed by atoms with Crippen LogP contribution in [-0.4, -0.2) is 26.9 Å². The molecule has 0 amide bonds. The predicted octanol–water partition coefficient (Wildman–Crippen LogP) is 2.79. The topological polar surface area (TPSA) is 44.8 Å². The van der Waals surface area contributed by atoms with Crippen molar-refractivity contribution in [1.29, 1.82) is 0 Å². The molecule has 0 fully saturated rings. The Labute approximate surface area is 113 Å². The summed E-state index contributed by atoms with van der Waals surface area (Å²) >= 11 is 1.59. The van der Waals surface area contributed by atoms with E-state index in [0.29, 0.717) is 6.54 Å². The lowest BCUT2D eigenvalue weighted by Crippen LogP contribution is -2.18. The fraction of sp³-hybridized carbons (Fsp3) is 0.231. The van der Waals surface area contributed by atoms with Gasteiger partial charge in [-0.3, -0.25) is 4.90 Å². The van der Waals surface area contributed by atoms with Crippen molar-refractivity contribution in [3.8, 4) is 0 Å². The van der Waals surface area contributed by atoms with Crippen molar-refractivity contribution in [2.75, 3.05) is 7.05 Å². The summed E-state index contributed by atoms with van der Waals surface area (Å²) in [5.41, 5.74) is 4.40. The van der Waals surface area contributed by atoms with Crippen molar-refractivity contribution in [1.82, 2.24) is 19.9 Å². The zero-order chi connectivity index (χ0) is 13.2. The third-order valence-electron chi connectivity index (χ3n) is 2.83. The van der Waals surface area contributed by atoms with Gasteiger partial charge in [-0.25, -0.2) is 14.4 Å². The van der Waals surface area contributed by atoms with Crippen molar-refractivity contribution in [3.63, 3.8) is 0 Å². The number of thiazole rings is 1. The van der Waals surface area contributed by atoms with Crippen LogP contribution in [0, 0.1) is 5.82 Å². The maximum Gasteiger partial charge on any atom is 0.125 e. The predicted molar refractivity (Wildman–Crippen MR) is 73.3 cm³/mol. The van der Waals surface area contributed by atoms with Crippen LogP contribution in [0.25, 0.3) is 11.0 Å². The number of halogens is 1. The second-order valence-electron chi connectivity index (χ2n) is 4.50. The van der Waals surface area contributed by atoms with Crippen LogP contribution in [0.2, 0.25) is 0 Å². The first-order chi connectivity index (χ1) is 9.20. The number of benzene rings is 1. The lowest BCUT2D eigenvalue weighted by Gasteiger charge is -2.12. The van der Waals surface area contributed by atoms with E-state index in [1.54, 1.807) is 17.4 Å². The van der Waals surface area contributed by atoms with Crippen molar-refractivity contribution < 1.29 is 4.39 Å². The molecule has 0 aliphatic rings. The third-order valence-corrected chi connectivity index (χ3v) is 3.46. The molecule has 0 saturated heterocycles. The molecule has 0 radical (unpaired) electrons. The van der Waals surface area contributed by atoms with Gasteiger partial charge in [0.05, 0.1) is 28.8 Å². The maximum absolute atomic E-state index is 13.1. The Kier molecular flexibility index (Phi) is 3.27. The summed E-state index contributed by atoms with van der Waals surface area (Å²) in [6.07, 6.45) is 0. The van der Waals surface area contributed by atoms with Gasteiger partial charge in [0.2, 0.25) is 0 Å². The van der Waals surface area contributed by atoms with Gasteiger partial charge in [-0.15, -0.1) is 11.3 Å². The fourth-order valence-electron chi connectivity index (χ4n) is 2.01. The number of imidazole rings is 1. The molecule has 0 aliphatic carbocycles. The van der Waals surface area contributed by atoms with Crippen molar-refractivity contribution in [2.45, 2.75) is 13.1 Å². The van der Waals surface area contributed by atoms with Crippen LogP contribution in [0.1, 0.15) is 11.5 Å². The molecule has 98 valence electrons. The first-order valence-corrected chi connectivity index (χ1v) is 6.85. The number of nitrogens with zero attached hydrogens (tertiary/aromatic N) is 3. The molecule has 2 aromatic heterocycles. The summed E-state index contributed by atoms with van der Waals surface area (Å²) in [5.74, 6) is 0.580. The quantitative estimate of drug-likeness (QED) is 0.797. The number of fused-ring (bicyclic) bond motifs is 1. The van der Waals surface area contributed by atoms with Crippen LogP contribution in [0.5, 0.6) is 0 Å². The van der Waals surface area contributed by atoms with Crippen molar-refractivity contribution in [3.05, 3.63) is 46.4 Å². The molecule has 0 aliphatic heterocycles. The fourth-order valence-corrected chi connectivity index (χ4v) is 2.56. The Balaban J connectivity index is 1.74. The molecule has 19 heavy (non-hydrogen) atoms. The summed E-state index contributed by atoms with van der Waals surface area (Å²) in [5, 5.41) is 2.03. The van der Waals surface area contributed by atoms with Gasteiger partial charge in [-0.1, -0.05) is 0 Å². The van der Waals surface area contributed by atoms with E-state index < -0.39 is 0 Å². The van der Waals surface area contributed by atoms with Crippen LogP contribution in [-0.2, 0) is 13.1 Å². The van der Waals surface area contributed by atoms with Gasteiger partial charge >= 0.3 is 0 Å². The summed E-state index contributed by atoms with van der Waals surface area (Å²) in [6.45, 7) is 1.45. The number of H-pyrrole nitrogens is 1. The number of hydrogen-bond donors (Lipinski definition) is 1. The van der Waals surface area contributed by atoms with E-state index in [1.165, 1.54) is 12.1 Å². The highest BCUT2D eigenvalue weighted by Crippen LogP contribution is 2.14. The molecule has 0 unspecified atom stereocenters. The first-order valence-electron chi connectivity index (χ1n) is 5.90. The Bertz CT molecular complexity index is 677. The molecule has 0 atom stereocenters. The molecule has 0 bridgehead atoms. The van der Waals surface area contributed by atoms with Gasteiger partial charge in [0.15, 0.2) is 0 Å². The molecular weight excluding hydrogens is 263 g/mol. The minimum atomic E-state index is -0.251. The zero-order valence-corrected chi connectivity index (χ0v) is 11.2. The Morgan fingerprint density at radius 2 is 2.26 bits per heavy atom. The summed E-state index contributed by atoms with van der Waals surface area (Å²) in [4.78, 5) is 13.9. The smallest absolute Gasteiger partial charge is 0.125 e. The lowest BCUT2D eigenvalue weighted by atomic mass is 10.3. The van der Waals surface area contributed by atoms with E-state index in [2.05, 4.69) is 19.9 Å². The van der Waals surface area contributed by atoms with Gasteiger partial charge < -0.3 is 4.98 Å². The van der Waals surface area contributed by atoms with E-state index in [4.69, 9.17) is 0 Å². The standard InChI is InChI=1S/C13H13FN4S/c1-18(5-10-7-19-8-15-10)6-13-16-11-3-2-9(14)4-12(11)17-13/h2-4,7-8H,5-6H2,1H3,(H,16,17). The normalized spacial score (nSPS) is 11.5. The molecule has 2 heterocycles. The zero-order valence-electron chi connectivity index (χ0n) is 10.4. The molecule has 3 rings (SSSR count). The minimum Gasteiger partial charge on any atom is -0.341 e.